The zero-order valence-electron chi connectivity index (χ0n) is 23.5. The first kappa shape index (κ1) is 30.3. The van der Waals surface area contributed by atoms with Crippen LogP contribution in [0.3, 0.4) is 0 Å². The number of rotatable bonds is 14. The van der Waals surface area contributed by atoms with Crippen molar-refractivity contribution in [2.75, 3.05) is 11.5 Å². The zero-order valence-corrected chi connectivity index (χ0v) is 28.2. The van der Waals surface area contributed by atoms with E-state index in [2.05, 4.69) is 69.2 Å². The molecule has 0 saturated heterocycles. The summed E-state index contributed by atoms with van der Waals surface area (Å²) < 4.78 is 13.5. The van der Waals surface area contributed by atoms with Crippen LogP contribution in [-0.4, -0.2) is 69.1 Å². The molecule has 212 valence electrons. The van der Waals surface area contributed by atoms with Gasteiger partial charge in [0.25, 0.3) is 11.1 Å². The summed E-state index contributed by atoms with van der Waals surface area (Å²) in [5.74, 6) is 2.84. The zero-order chi connectivity index (χ0) is 28.3. The number of hydrogen-bond donors (Lipinski definition) is 2. The number of aromatic nitrogens is 4. The van der Waals surface area contributed by atoms with Gasteiger partial charge in [-0.15, -0.1) is 0 Å². The summed E-state index contributed by atoms with van der Waals surface area (Å²) >= 11 is 3.13. The minimum Gasteiger partial charge on any atom is -0.437 e. The Morgan fingerprint density at radius 2 is 1.15 bits per heavy atom. The third-order valence-electron chi connectivity index (χ3n) is 6.33. The number of H-pyrrole nitrogens is 2. The molecular weight excluding hydrogens is 585 g/mol. The van der Waals surface area contributed by atoms with Crippen LogP contribution in [0.2, 0.25) is 51.4 Å². The molecule has 0 radical (unpaired) electrons. The smallest absolute Gasteiger partial charge is 0.311 e. The number of nitrogens with one attached hydrogen (secondary N) is 2. The van der Waals surface area contributed by atoms with Crippen LogP contribution in [0.4, 0.5) is 11.6 Å². The standard InChI is InChI=1S/C24H38N6O4S2Si3/c1-37(2,15-7-13-35-23-27-19-17(9-11-25-19)21(31)29-23)33-39(5,6)34-38(3,4)16-8-14-36-24-28-20-18(10-12-26-20)22(32)30-24/h11-12H,7-10,13-16H2,1-6H3,(H,27,29,31)(H,28,30,32). The Balaban J connectivity index is 1.18. The lowest BCUT2D eigenvalue weighted by Crippen LogP contribution is -2.52. The summed E-state index contributed by atoms with van der Waals surface area (Å²) in [6.45, 7) is 13.4. The Morgan fingerprint density at radius 1 is 0.744 bits per heavy atom. The first-order valence-electron chi connectivity index (χ1n) is 13.3. The van der Waals surface area contributed by atoms with Gasteiger partial charge in [-0.2, -0.15) is 0 Å². The van der Waals surface area contributed by atoms with Gasteiger partial charge in [0.15, 0.2) is 38.6 Å². The van der Waals surface area contributed by atoms with Crippen molar-refractivity contribution in [1.82, 2.24) is 19.9 Å². The fourth-order valence-corrected chi connectivity index (χ4v) is 21.1. The van der Waals surface area contributed by atoms with Crippen LogP contribution in [0, 0.1) is 0 Å². The molecule has 2 aliphatic heterocycles. The molecule has 0 amide bonds. The van der Waals surface area contributed by atoms with Gasteiger partial charge in [0.1, 0.15) is 0 Å². The first-order valence-corrected chi connectivity index (χ1v) is 24.3. The molecule has 2 aliphatic rings. The lowest BCUT2D eigenvalue weighted by Gasteiger charge is -2.38. The lowest BCUT2D eigenvalue weighted by atomic mass is 10.3. The Morgan fingerprint density at radius 3 is 1.56 bits per heavy atom. The Kier molecular flexibility index (Phi) is 9.71. The highest BCUT2D eigenvalue weighted by Gasteiger charge is 2.39. The molecule has 0 fully saturated rings. The summed E-state index contributed by atoms with van der Waals surface area (Å²) in [4.78, 5) is 47.4. The van der Waals surface area contributed by atoms with E-state index in [0.717, 1.165) is 36.4 Å². The van der Waals surface area contributed by atoms with Gasteiger partial charge in [-0.3, -0.25) is 9.59 Å². The van der Waals surface area contributed by atoms with E-state index in [1.54, 1.807) is 36.0 Å². The van der Waals surface area contributed by atoms with Crippen molar-refractivity contribution < 1.29 is 8.23 Å². The SMILES string of the molecule is C[Si](C)(CCCSc1nc2c(c(=O)[nH]1)CC=N2)O[Si](C)(C)O[Si](C)(C)CCCSc1nc2c(c(=O)[nH]1)CC=N2. The molecule has 15 heteroatoms. The quantitative estimate of drug-likeness (QED) is 0.127. The monoisotopic (exact) mass is 622 g/mol. The van der Waals surface area contributed by atoms with Gasteiger partial charge in [0, 0.05) is 36.8 Å². The van der Waals surface area contributed by atoms with E-state index in [-0.39, 0.29) is 11.1 Å². The van der Waals surface area contributed by atoms with Gasteiger partial charge >= 0.3 is 8.56 Å². The summed E-state index contributed by atoms with van der Waals surface area (Å²) in [6.07, 6.45) is 6.56. The second kappa shape index (κ2) is 12.5. The molecule has 0 aromatic carbocycles. The van der Waals surface area contributed by atoms with E-state index in [0.29, 0.717) is 45.9 Å². The number of thioether (sulfide) groups is 2. The van der Waals surface area contributed by atoms with Gasteiger partial charge in [0.05, 0.1) is 11.1 Å². The van der Waals surface area contributed by atoms with Crippen LogP contribution in [0.1, 0.15) is 24.0 Å². The number of nitrogens with zero attached hydrogens (tertiary/aromatic N) is 4. The van der Waals surface area contributed by atoms with Crippen LogP contribution < -0.4 is 11.1 Å². The Hall–Kier alpha value is -1.63. The molecule has 0 bridgehead atoms. The van der Waals surface area contributed by atoms with Gasteiger partial charge in [0.2, 0.25) is 0 Å². The van der Waals surface area contributed by atoms with Crippen molar-refractivity contribution in [3.8, 4) is 0 Å². The van der Waals surface area contributed by atoms with Gasteiger partial charge in [-0.1, -0.05) is 23.5 Å². The van der Waals surface area contributed by atoms with E-state index >= 15 is 0 Å². The number of fused-ring (bicyclic) bond motifs is 2. The summed E-state index contributed by atoms with van der Waals surface area (Å²) in [5, 5.41) is 1.27. The fraction of sp³-hybridized carbons (Fsp3) is 0.583. The predicted molar refractivity (Wildman–Crippen MR) is 168 cm³/mol. The molecule has 0 spiro atoms. The van der Waals surface area contributed by atoms with Crippen LogP contribution in [0.15, 0.2) is 29.9 Å². The minimum absolute atomic E-state index is 0.0853. The summed E-state index contributed by atoms with van der Waals surface area (Å²) in [6, 6.07) is 2.03. The first-order chi connectivity index (χ1) is 18.3. The van der Waals surface area contributed by atoms with Crippen molar-refractivity contribution in [2.24, 2.45) is 9.98 Å². The van der Waals surface area contributed by atoms with Crippen LogP contribution in [-0.2, 0) is 21.1 Å². The maximum absolute atomic E-state index is 12.2. The molecule has 0 atom stereocenters. The average molecular weight is 623 g/mol. The highest BCUT2D eigenvalue weighted by atomic mass is 32.2. The molecule has 2 aromatic heterocycles. The molecule has 4 heterocycles. The van der Waals surface area contributed by atoms with Gasteiger partial charge in [-0.25, -0.2) is 20.0 Å². The third kappa shape index (κ3) is 8.68. The van der Waals surface area contributed by atoms with E-state index < -0.39 is 25.2 Å². The molecule has 4 rings (SSSR count). The Bertz CT molecular complexity index is 1280. The van der Waals surface area contributed by atoms with Crippen molar-refractivity contribution in [1.29, 1.82) is 0 Å². The highest BCUT2D eigenvalue weighted by Crippen LogP contribution is 2.29. The molecule has 39 heavy (non-hydrogen) atoms. The lowest BCUT2D eigenvalue weighted by molar-refractivity contribution is 0.387. The van der Waals surface area contributed by atoms with E-state index in [1.165, 1.54) is 0 Å². The second-order valence-electron chi connectivity index (χ2n) is 11.4. The number of aliphatic imine (C=N–C) groups is 2. The third-order valence-corrected chi connectivity index (χ3v) is 19.7. The molecular formula is C24H38N6O4S2Si3. The maximum Gasteiger partial charge on any atom is 0.311 e. The van der Waals surface area contributed by atoms with Crippen LogP contribution >= 0.6 is 23.5 Å². The Labute approximate surface area is 240 Å². The second-order valence-corrected chi connectivity index (χ2v) is 26.0. The van der Waals surface area contributed by atoms with Crippen LogP contribution in [0.5, 0.6) is 0 Å². The summed E-state index contributed by atoms with van der Waals surface area (Å²) in [5.41, 5.74) is 1.14. The van der Waals surface area contributed by atoms with E-state index in [1.807, 2.05) is 0 Å². The van der Waals surface area contributed by atoms with Crippen molar-refractivity contribution in [3.63, 3.8) is 0 Å². The van der Waals surface area contributed by atoms with Crippen molar-refractivity contribution >= 4 is 72.8 Å². The molecule has 0 saturated carbocycles. The van der Waals surface area contributed by atoms with Crippen LogP contribution in [0.25, 0.3) is 0 Å². The van der Waals surface area contributed by atoms with E-state index in [9.17, 15) is 9.59 Å². The molecule has 10 nitrogen and oxygen atoms in total. The van der Waals surface area contributed by atoms with E-state index in [4.69, 9.17) is 8.23 Å². The minimum atomic E-state index is -2.30. The molecule has 0 unspecified atom stereocenters. The number of hydrogen-bond acceptors (Lipinski definition) is 10. The molecule has 2 N–H and O–H groups in total. The van der Waals surface area contributed by atoms with Crippen molar-refractivity contribution in [3.05, 3.63) is 31.8 Å². The predicted octanol–water partition coefficient (Wildman–Crippen LogP) is 5.18. The largest absolute Gasteiger partial charge is 0.437 e. The summed E-state index contributed by atoms with van der Waals surface area (Å²) in [7, 11) is -6.16. The average Bonchev–Trinajstić information content (AvgIpc) is 3.48. The molecule has 0 aliphatic carbocycles. The van der Waals surface area contributed by atoms with Gasteiger partial charge < -0.3 is 18.2 Å². The number of aromatic amines is 2. The van der Waals surface area contributed by atoms with Crippen molar-refractivity contribution in [2.45, 2.75) is 87.4 Å². The maximum atomic E-state index is 12.2. The normalized spacial score (nSPS) is 14.7. The fourth-order valence-electron chi connectivity index (χ4n) is 4.88. The van der Waals surface area contributed by atoms with Gasteiger partial charge in [-0.05, 0) is 64.2 Å². The topological polar surface area (TPSA) is 135 Å². The molecule has 2 aromatic rings. The highest BCUT2D eigenvalue weighted by molar-refractivity contribution is 7.99.